The first-order valence-corrected chi connectivity index (χ1v) is 10.0. The van der Waals surface area contributed by atoms with E-state index in [0.29, 0.717) is 13.1 Å². The van der Waals surface area contributed by atoms with Gasteiger partial charge in [0.2, 0.25) is 10.0 Å². The first kappa shape index (κ1) is 17.6. The summed E-state index contributed by atoms with van der Waals surface area (Å²) in [6.45, 7) is 0.745. The zero-order valence-electron chi connectivity index (χ0n) is 14.4. The second-order valence-corrected chi connectivity index (χ2v) is 8.46. The van der Waals surface area contributed by atoms with Crippen molar-refractivity contribution < 1.29 is 18.3 Å². The minimum Gasteiger partial charge on any atom is -0.478 e. The second-order valence-electron chi connectivity index (χ2n) is 6.52. The lowest BCUT2D eigenvalue weighted by Gasteiger charge is -2.31. The fourth-order valence-corrected chi connectivity index (χ4v) is 4.95. The number of nitrogens with zero attached hydrogens (tertiary/aromatic N) is 4. The molecule has 3 heterocycles. The lowest BCUT2D eigenvalue weighted by molar-refractivity contribution is 0.0696. The molecule has 1 atom stereocenters. The number of carboxylic acids is 1. The summed E-state index contributed by atoms with van der Waals surface area (Å²) >= 11 is 0. The number of sulfonamides is 1. The van der Waals surface area contributed by atoms with E-state index in [9.17, 15) is 13.2 Å². The maximum Gasteiger partial charge on any atom is 0.335 e. The number of pyridine rings is 1. The van der Waals surface area contributed by atoms with Crippen molar-refractivity contribution in [2.45, 2.75) is 23.7 Å². The van der Waals surface area contributed by atoms with E-state index in [-0.39, 0.29) is 16.4 Å². The molecule has 1 aliphatic heterocycles. The van der Waals surface area contributed by atoms with Gasteiger partial charge in [-0.05, 0) is 49.2 Å². The number of fused-ring (bicyclic) bond motifs is 1. The molecule has 0 aliphatic carbocycles. The average molecular weight is 386 g/mol. The highest BCUT2D eigenvalue weighted by Gasteiger charge is 2.32. The van der Waals surface area contributed by atoms with Gasteiger partial charge in [0, 0.05) is 25.2 Å². The molecule has 0 spiro atoms. The van der Waals surface area contributed by atoms with Crippen LogP contribution in [0.1, 0.15) is 34.9 Å². The fraction of sp³-hybridized carbons (Fsp3) is 0.278. The van der Waals surface area contributed by atoms with Gasteiger partial charge in [-0.2, -0.15) is 4.31 Å². The van der Waals surface area contributed by atoms with Crippen LogP contribution in [-0.2, 0) is 10.0 Å². The molecule has 0 bridgehead atoms. The predicted octanol–water partition coefficient (Wildman–Crippen LogP) is 2.00. The number of aromatic carboxylic acids is 1. The van der Waals surface area contributed by atoms with Gasteiger partial charge in [0.1, 0.15) is 5.82 Å². The predicted molar refractivity (Wildman–Crippen MR) is 97.1 cm³/mol. The van der Waals surface area contributed by atoms with Crippen LogP contribution in [-0.4, -0.2) is 51.5 Å². The quantitative estimate of drug-likeness (QED) is 0.735. The van der Waals surface area contributed by atoms with E-state index in [1.807, 2.05) is 28.8 Å². The Morgan fingerprint density at radius 3 is 2.63 bits per heavy atom. The van der Waals surface area contributed by atoms with Crippen LogP contribution in [0.25, 0.3) is 5.65 Å². The Morgan fingerprint density at radius 1 is 1.11 bits per heavy atom. The van der Waals surface area contributed by atoms with Crippen LogP contribution >= 0.6 is 0 Å². The van der Waals surface area contributed by atoms with Crippen LogP contribution in [0, 0.1) is 0 Å². The minimum atomic E-state index is -3.70. The molecule has 3 aromatic rings. The van der Waals surface area contributed by atoms with E-state index in [1.165, 1.54) is 28.6 Å². The van der Waals surface area contributed by atoms with E-state index in [1.54, 1.807) is 0 Å². The van der Waals surface area contributed by atoms with Crippen LogP contribution in [0.2, 0.25) is 0 Å². The number of carboxylic acid groups (broad SMARTS) is 1. The Labute approximate surface area is 156 Å². The maximum atomic E-state index is 13.0. The van der Waals surface area contributed by atoms with Crippen LogP contribution in [0.3, 0.4) is 0 Å². The van der Waals surface area contributed by atoms with Crippen molar-refractivity contribution in [3.8, 4) is 0 Å². The summed E-state index contributed by atoms with van der Waals surface area (Å²) in [7, 11) is -3.70. The van der Waals surface area contributed by atoms with Crippen molar-refractivity contribution in [3.63, 3.8) is 0 Å². The molecule has 9 heteroatoms. The maximum absolute atomic E-state index is 13.0. The number of aromatic nitrogens is 3. The van der Waals surface area contributed by atoms with Gasteiger partial charge in [-0.25, -0.2) is 13.2 Å². The highest BCUT2D eigenvalue weighted by atomic mass is 32.2. The number of hydrogen-bond donors (Lipinski definition) is 1. The van der Waals surface area contributed by atoms with E-state index >= 15 is 0 Å². The van der Waals surface area contributed by atoms with Crippen LogP contribution in [0.4, 0.5) is 0 Å². The Bertz CT molecular complexity index is 1090. The molecule has 27 heavy (non-hydrogen) atoms. The van der Waals surface area contributed by atoms with Gasteiger partial charge in [0.25, 0.3) is 0 Å². The highest BCUT2D eigenvalue weighted by molar-refractivity contribution is 7.89. The van der Waals surface area contributed by atoms with Crippen molar-refractivity contribution in [3.05, 3.63) is 60.0 Å². The molecule has 2 aromatic heterocycles. The molecule has 8 nitrogen and oxygen atoms in total. The summed E-state index contributed by atoms with van der Waals surface area (Å²) in [6.07, 6.45) is 3.43. The third-order valence-corrected chi connectivity index (χ3v) is 6.71. The molecular weight excluding hydrogens is 368 g/mol. The molecule has 0 unspecified atom stereocenters. The fourth-order valence-electron chi connectivity index (χ4n) is 3.43. The Hall–Kier alpha value is -2.78. The number of benzene rings is 1. The molecule has 0 saturated carbocycles. The van der Waals surface area contributed by atoms with Gasteiger partial charge in [-0.1, -0.05) is 6.07 Å². The Morgan fingerprint density at radius 2 is 1.89 bits per heavy atom. The second kappa shape index (κ2) is 6.75. The summed E-state index contributed by atoms with van der Waals surface area (Å²) in [5.41, 5.74) is 0.789. The summed E-state index contributed by atoms with van der Waals surface area (Å²) < 4.78 is 29.3. The third kappa shape index (κ3) is 3.19. The normalized spacial score (nSPS) is 18.6. The van der Waals surface area contributed by atoms with Crippen molar-refractivity contribution in [2.75, 3.05) is 13.1 Å². The Balaban J connectivity index is 1.61. The summed E-state index contributed by atoms with van der Waals surface area (Å²) in [6, 6.07) is 10.9. The van der Waals surface area contributed by atoms with E-state index in [2.05, 4.69) is 10.2 Å². The van der Waals surface area contributed by atoms with E-state index in [4.69, 9.17) is 5.11 Å². The van der Waals surface area contributed by atoms with Gasteiger partial charge in [0.15, 0.2) is 5.65 Å². The molecule has 1 saturated heterocycles. The molecule has 140 valence electrons. The van der Waals surface area contributed by atoms with Gasteiger partial charge >= 0.3 is 5.97 Å². The summed E-state index contributed by atoms with van der Waals surface area (Å²) in [5.74, 6) is -0.383. The van der Waals surface area contributed by atoms with Crippen LogP contribution < -0.4 is 0 Å². The smallest absolute Gasteiger partial charge is 0.335 e. The van der Waals surface area contributed by atoms with E-state index < -0.39 is 16.0 Å². The summed E-state index contributed by atoms with van der Waals surface area (Å²) in [4.78, 5) is 11.1. The number of carbonyl (C=O) groups is 1. The van der Waals surface area contributed by atoms with Crippen LogP contribution in [0.5, 0.6) is 0 Å². The monoisotopic (exact) mass is 386 g/mol. The number of piperidine rings is 1. The molecule has 0 amide bonds. The van der Waals surface area contributed by atoms with Gasteiger partial charge in [-0.15, -0.1) is 10.2 Å². The topological polar surface area (TPSA) is 105 Å². The molecule has 4 rings (SSSR count). The molecular formula is C18H18N4O4S. The molecule has 0 radical (unpaired) electrons. The molecule has 1 fully saturated rings. The van der Waals surface area contributed by atoms with Gasteiger partial charge in [0.05, 0.1) is 10.5 Å². The van der Waals surface area contributed by atoms with E-state index in [0.717, 1.165) is 24.3 Å². The van der Waals surface area contributed by atoms with Gasteiger partial charge < -0.3 is 5.11 Å². The molecule has 1 aliphatic rings. The standard InChI is InChI=1S/C18H18N4O4S/c23-18(24)13-6-8-15(9-7-13)27(25,26)21-10-3-4-14(12-21)17-20-19-16-5-1-2-11-22(16)17/h1-2,5-9,11,14H,3-4,10,12H2,(H,23,24)/t14-/m0/s1. The zero-order valence-corrected chi connectivity index (χ0v) is 15.2. The highest BCUT2D eigenvalue weighted by Crippen LogP contribution is 2.29. The van der Waals surface area contributed by atoms with Crippen molar-refractivity contribution in [1.82, 2.24) is 18.9 Å². The largest absolute Gasteiger partial charge is 0.478 e. The van der Waals surface area contributed by atoms with Crippen molar-refractivity contribution >= 4 is 21.6 Å². The van der Waals surface area contributed by atoms with Crippen molar-refractivity contribution in [1.29, 1.82) is 0 Å². The first-order chi connectivity index (χ1) is 13.0. The molecule has 1 N–H and O–H groups in total. The average Bonchev–Trinajstić information content (AvgIpc) is 3.12. The zero-order chi connectivity index (χ0) is 19.0. The first-order valence-electron chi connectivity index (χ1n) is 8.60. The van der Waals surface area contributed by atoms with Crippen LogP contribution in [0.15, 0.2) is 53.6 Å². The minimum absolute atomic E-state index is 0.0517. The number of hydrogen-bond acceptors (Lipinski definition) is 5. The Kier molecular flexibility index (Phi) is 4.40. The van der Waals surface area contributed by atoms with Crippen molar-refractivity contribution in [2.24, 2.45) is 0 Å². The lowest BCUT2D eigenvalue weighted by Crippen LogP contribution is -2.39. The summed E-state index contributed by atoms with van der Waals surface area (Å²) in [5, 5.41) is 17.4. The van der Waals surface area contributed by atoms with Gasteiger partial charge in [-0.3, -0.25) is 4.40 Å². The number of rotatable bonds is 4. The third-order valence-electron chi connectivity index (χ3n) is 4.83. The molecule has 1 aromatic carbocycles. The SMILES string of the molecule is O=C(O)c1ccc(S(=O)(=O)N2CCC[C@H](c3nnc4ccccn34)C2)cc1. The lowest BCUT2D eigenvalue weighted by atomic mass is 9.99.